The third-order valence-corrected chi connectivity index (χ3v) is 4.22. The fraction of sp³-hybridized carbons (Fsp3) is 0.263. The zero-order valence-electron chi connectivity index (χ0n) is 14.5. The molecule has 26 heavy (non-hydrogen) atoms. The highest BCUT2D eigenvalue weighted by molar-refractivity contribution is 7.98. The third kappa shape index (κ3) is 5.49. The third-order valence-electron chi connectivity index (χ3n) is 3.58. The van der Waals surface area contributed by atoms with E-state index in [1.165, 1.54) is 25.3 Å². The predicted octanol–water partition coefficient (Wildman–Crippen LogP) is 3.51. The van der Waals surface area contributed by atoms with E-state index in [0.717, 1.165) is 0 Å². The molecule has 0 aliphatic carbocycles. The van der Waals surface area contributed by atoms with Crippen LogP contribution in [0.15, 0.2) is 46.9 Å². The van der Waals surface area contributed by atoms with Crippen molar-refractivity contribution in [3.8, 4) is 11.3 Å². The fourth-order valence-corrected chi connectivity index (χ4v) is 2.72. The molecule has 0 saturated heterocycles. The molecule has 1 aromatic carbocycles. The Morgan fingerprint density at radius 1 is 1.31 bits per heavy atom. The van der Waals surface area contributed by atoms with Gasteiger partial charge in [-0.15, -0.1) is 0 Å². The van der Waals surface area contributed by atoms with Crippen LogP contribution in [-0.2, 0) is 14.3 Å². The van der Waals surface area contributed by atoms with Gasteiger partial charge in [0.05, 0.1) is 12.7 Å². The molecule has 1 N–H and O–H groups in total. The summed E-state index contributed by atoms with van der Waals surface area (Å²) in [4.78, 5) is 23.7. The molecule has 0 bridgehead atoms. The fourth-order valence-electron chi connectivity index (χ4n) is 2.25. The highest BCUT2D eigenvalue weighted by Gasteiger charge is 2.19. The van der Waals surface area contributed by atoms with Crippen molar-refractivity contribution in [2.24, 2.45) is 0 Å². The number of benzene rings is 1. The number of ether oxygens (including phenoxy) is 1. The van der Waals surface area contributed by atoms with Crippen molar-refractivity contribution in [1.29, 1.82) is 0 Å². The SMILES string of the molecule is COC(=O)[C@H](CCSC)NC(=O)/C=C/c1ccc(-c2ccccc2F)o1. The van der Waals surface area contributed by atoms with Crippen LogP contribution in [0, 0.1) is 5.82 Å². The summed E-state index contributed by atoms with van der Waals surface area (Å²) < 4.78 is 24.0. The number of amides is 1. The number of rotatable bonds is 8. The van der Waals surface area contributed by atoms with E-state index in [-0.39, 0.29) is 5.82 Å². The highest BCUT2D eigenvalue weighted by Crippen LogP contribution is 2.25. The molecule has 0 aliphatic heterocycles. The van der Waals surface area contributed by atoms with Gasteiger partial charge in [-0.1, -0.05) is 12.1 Å². The number of thioether (sulfide) groups is 1. The van der Waals surface area contributed by atoms with Crippen LogP contribution < -0.4 is 5.32 Å². The smallest absolute Gasteiger partial charge is 0.328 e. The number of esters is 1. The van der Waals surface area contributed by atoms with Gasteiger partial charge >= 0.3 is 5.97 Å². The van der Waals surface area contributed by atoms with Crippen molar-refractivity contribution in [2.75, 3.05) is 19.1 Å². The molecular weight excluding hydrogens is 357 g/mol. The minimum absolute atomic E-state index is 0.347. The van der Waals surface area contributed by atoms with Crippen molar-refractivity contribution in [1.82, 2.24) is 5.32 Å². The summed E-state index contributed by atoms with van der Waals surface area (Å²) >= 11 is 1.57. The monoisotopic (exact) mass is 377 g/mol. The molecule has 0 spiro atoms. The quantitative estimate of drug-likeness (QED) is 0.563. The van der Waals surface area contributed by atoms with Gasteiger partial charge in [0.2, 0.25) is 5.91 Å². The second kappa shape index (κ2) is 9.82. The molecule has 2 aromatic rings. The first-order chi connectivity index (χ1) is 12.5. The Kier molecular flexibility index (Phi) is 7.47. The van der Waals surface area contributed by atoms with E-state index in [4.69, 9.17) is 9.15 Å². The molecule has 2 rings (SSSR count). The minimum Gasteiger partial charge on any atom is -0.467 e. The largest absolute Gasteiger partial charge is 0.467 e. The maximum Gasteiger partial charge on any atom is 0.328 e. The molecule has 0 radical (unpaired) electrons. The van der Waals surface area contributed by atoms with Crippen LogP contribution in [0.1, 0.15) is 12.2 Å². The Labute approximate surface area is 155 Å². The molecule has 1 atom stereocenters. The summed E-state index contributed by atoms with van der Waals surface area (Å²) in [5.41, 5.74) is 0.347. The number of carbonyl (C=O) groups excluding carboxylic acids is 2. The van der Waals surface area contributed by atoms with E-state index < -0.39 is 17.9 Å². The lowest BCUT2D eigenvalue weighted by Gasteiger charge is -2.14. The van der Waals surface area contributed by atoms with Gasteiger partial charge in [-0.25, -0.2) is 9.18 Å². The van der Waals surface area contributed by atoms with Crippen molar-refractivity contribution >= 4 is 29.7 Å². The average Bonchev–Trinajstić information content (AvgIpc) is 3.12. The van der Waals surface area contributed by atoms with Gasteiger partial charge in [0.25, 0.3) is 0 Å². The van der Waals surface area contributed by atoms with Crippen LogP contribution in [0.25, 0.3) is 17.4 Å². The molecule has 1 aromatic heterocycles. The van der Waals surface area contributed by atoms with E-state index in [2.05, 4.69) is 5.32 Å². The van der Waals surface area contributed by atoms with Crippen LogP contribution in [0.3, 0.4) is 0 Å². The summed E-state index contributed by atoms with van der Waals surface area (Å²) in [6, 6.07) is 8.84. The summed E-state index contributed by atoms with van der Waals surface area (Å²) in [5.74, 6) is 0.178. The van der Waals surface area contributed by atoms with Crippen LogP contribution >= 0.6 is 11.8 Å². The van der Waals surface area contributed by atoms with Crippen molar-refractivity contribution in [3.63, 3.8) is 0 Å². The zero-order valence-corrected chi connectivity index (χ0v) is 15.3. The van der Waals surface area contributed by atoms with Crippen molar-refractivity contribution in [3.05, 3.63) is 54.1 Å². The molecule has 0 fully saturated rings. The number of hydrogen-bond acceptors (Lipinski definition) is 5. The van der Waals surface area contributed by atoms with Gasteiger partial charge in [-0.3, -0.25) is 4.79 Å². The summed E-state index contributed by atoms with van der Waals surface area (Å²) in [7, 11) is 1.28. The number of carbonyl (C=O) groups is 2. The second-order valence-electron chi connectivity index (χ2n) is 5.38. The molecule has 0 saturated carbocycles. The van der Waals surface area contributed by atoms with Crippen LogP contribution in [0.5, 0.6) is 0 Å². The molecule has 138 valence electrons. The maximum absolute atomic E-state index is 13.8. The molecular formula is C19H20FNO4S. The summed E-state index contributed by atoms with van der Waals surface area (Å²) in [5, 5.41) is 2.61. The lowest BCUT2D eigenvalue weighted by Crippen LogP contribution is -2.41. The lowest BCUT2D eigenvalue weighted by atomic mass is 10.1. The Morgan fingerprint density at radius 2 is 2.08 bits per heavy atom. The van der Waals surface area contributed by atoms with E-state index in [1.807, 2.05) is 6.26 Å². The van der Waals surface area contributed by atoms with E-state index >= 15 is 0 Å². The zero-order chi connectivity index (χ0) is 18.9. The van der Waals surface area contributed by atoms with Crippen LogP contribution in [-0.4, -0.2) is 37.0 Å². The molecule has 1 heterocycles. The number of hydrogen-bond donors (Lipinski definition) is 1. The van der Waals surface area contributed by atoms with Gasteiger partial charge in [-0.05, 0) is 48.8 Å². The van der Waals surface area contributed by atoms with Gasteiger partial charge in [-0.2, -0.15) is 11.8 Å². The number of furan rings is 1. The van der Waals surface area contributed by atoms with Crippen molar-refractivity contribution in [2.45, 2.75) is 12.5 Å². The average molecular weight is 377 g/mol. The van der Waals surface area contributed by atoms with Gasteiger partial charge < -0.3 is 14.5 Å². The van der Waals surface area contributed by atoms with Crippen LogP contribution in [0.2, 0.25) is 0 Å². The Hall–Kier alpha value is -2.54. The van der Waals surface area contributed by atoms with Gasteiger partial charge in [0.15, 0.2) is 0 Å². The normalized spacial score (nSPS) is 12.1. The molecule has 0 aliphatic rings. The van der Waals surface area contributed by atoms with Gasteiger partial charge in [0, 0.05) is 6.08 Å². The van der Waals surface area contributed by atoms with E-state index in [0.29, 0.717) is 29.3 Å². The van der Waals surface area contributed by atoms with Crippen LogP contribution in [0.4, 0.5) is 4.39 Å². The topological polar surface area (TPSA) is 68.5 Å². The molecule has 5 nitrogen and oxygen atoms in total. The second-order valence-corrected chi connectivity index (χ2v) is 6.37. The standard InChI is InChI=1S/C19H20FNO4S/c1-24-19(23)16(11-12-26-2)21-18(22)10-8-13-7-9-17(25-13)14-5-3-4-6-15(14)20/h3-10,16H,11-12H2,1-2H3,(H,21,22)/b10-8+/t16-/m0/s1. The number of halogens is 1. The lowest BCUT2D eigenvalue weighted by molar-refractivity contribution is -0.144. The predicted molar refractivity (Wildman–Crippen MR) is 100 cm³/mol. The Morgan fingerprint density at radius 3 is 2.77 bits per heavy atom. The number of nitrogens with one attached hydrogen (secondary N) is 1. The first-order valence-electron chi connectivity index (χ1n) is 7.95. The van der Waals surface area contributed by atoms with E-state index in [9.17, 15) is 14.0 Å². The molecule has 0 unspecified atom stereocenters. The Bertz CT molecular complexity index is 787. The Balaban J connectivity index is 2.01. The first kappa shape index (κ1) is 19.8. The molecule has 1 amide bonds. The van der Waals surface area contributed by atoms with Crippen molar-refractivity contribution < 1.29 is 23.1 Å². The maximum atomic E-state index is 13.8. The van der Waals surface area contributed by atoms with Gasteiger partial charge in [0.1, 0.15) is 23.4 Å². The number of methoxy groups -OCH3 is 1. The summed E-state index contributed by atoms with van der Waals surface area (Å²) in [6.45, 7) is 0. The summed E-state index contributed by atoms with van der Waals surface area (Å²) in [6.07, 6.45) is 5.12. The first-order valence-corrected chi connectivity index (χ1v) is 9.34. The van der Waals surface area contributed by atoms with E-state index in [1.54, 1.807) is 42.1 Å². The minimum atomic E-state index is -0.699. The molecule has 7 heteroatoms. The highest BCUT2D eigenvalue weighted by atomic mass is 32.2.